The molecule has 0 aromatic rings. The molecular weight excluding hydrogens is 240 g/mol. The fourth-order valence-electron chi connectivity index (χ4n) is 0. The van der Waals surface area contributed by atoms with E-state index in [1.165, 1.54) is 0 Å². The molecule has 0 amide bonds. The monoisotopic (exact) mass is 238 g/mol. The molecule has 0 aliphatic carbocycles. The quantitative estimate of drug-likeness (QED) is 0.595. The zero-order valence-corrected chi connectivity index (χ0v) is 7.83. The molecule has 8 heteroatoms. The Hall–Kier alpha value is 1.64. The minimum absolute atomic E-state index is 3.19. The summed E-state index contributed by atoms with van der Waals surface area (Å²) in [6, 6.07) is 0. The molecule has 0 saturated heterocycles. The lowest BCUT2D eigenvalue weighted by Crippen LogP contribution is -1.19. The molecule has 0 aliphatic heterocycles. The first-order chi connectivity index (χ1) is 3.41. The molecule has 0 unspecified atom stereocenters. The zero-order valence-electron chi connectivity index (χ0n) is 3.15. The summed E-state index contributed by atoms with van der Waals surface area (Å²) in [6.07, 6.45) is 0. The first-order valence-corrected chi connectivity index (χ1v) is 6.04. The van der Waals surface area contributed by atoms with Gasteiger partial charge in [-0.25, -0.2) is 0 Å². The fraction of sp³-hybridized carbons (Fsp3) is 0. The average molecular weight is 240 g/mol. The highest BCUT2D eigenvalue weighted by Gasteiger charge is 2.02. The standard InChI is InChI=1S/Cl3OP.Cl2O/c1-5(2,3)4;1-3-2. The second-order valence-electron chi connectivity index (χ2n) is 0.457. The number of halogens is 5. The maximum absolute atomic E-state index is 9.51. The van der Waals surface area contributed by atoms with Crippen molar-refractivity contribution in [2.24, 2.45) is 0 Å². The molecule has 0 bridgehead atoms. The Morgan fingerprint density at radius 3 is 1.12 bits per heavy atom. The van der Waals surface area contributed by atoms with Gasteiger partial charge in [-0.2, -0.15) is 3.84 Å². The van der Waals surface area contributed by atoms with Crippen LogP contribution >= 0.6 is 62.7 Å². The zero-order chi connectivity index (χ0) is 7.21. The van der Waals surface area contributed by atoms with E-state index in [1.54, 1.807) is 0 Å². The van der Waals surface area contributed by atoms with Crippen molar-refractivity contribution in [1.82, 2.24) is 0 Å². The van der Waals surface area contributed by atoms with Crippen LogP contribution < -0.4 is 0 Å². The van der Waals surface area contributed by atoms with E-state index < -0.39 is 5.20 Å². The van der Waals surface area contributed by atoms with Crippen LogP contribution in [0.1, 0.15) is 0 Å². The Bertz CT molecular complexity index is 66.2. The summed E-state index contributed by atoms with van der Waals surface area (Å²) < 4.78 is 12.7. The predicted octanol–water partition coefficient (Wildman–Crippen LogP) is 4.12. The molecule has 0 aromatic heterocycles. The van der Waals surface area contributed by atoms with Gasteiger partial charge in [0.25, 0.3) is 0 Å². The summed E-state index contributed by atoms with van der Waals surface area (Å²) >= 11 is 22.4. The summed E-state index contributed by atoms with van der Waals surface area (Å²) in [5.74, 6) is 0. The van der Waals surface area contributed by atoms with Crippen LogP contribution in [0.2, 0.25) is 0 Å². The van der Waals surface area contributed by atoms with E-state index in [9.17, 15) is 4.57 Å². The van der Waals surface area contributed by atoms with Gasteiger partial charge in [-0.1, -0.05) is 0 Å². The highest BCUT2D eigenvalue weighted by molar-refractivity contribution is 8.24. The Balaban J connectivity index is 0. The summed E-state index contributed by atoms with van der Waals surface area (Å²) in [6.45, 7) is 0. The predicted molar refractivity (Wildman–Crippen MR) is 38.0 cm³/mol. The van der Waals surface area contributed by atoms with Gasteiger partial charge in [-0.3, -0.25) is 4.57 Å². The van der Waals surface area contributed by atoms with E-state index in [1.807, 2.05) is 0 Å². The molecule has 2 nitrogen and oxygen atoms in total. The topological polar surface area (TPSA) is 26.3 Å². The second-order valence-corrected chi connectivity index (χ2v) is 7.56. The minimum atomic E-state index is -3.22. The van der Waals surface area contributed by atoms with Crippen molar-refractivity contribution in [3.8, 4) is 0 Å². The normalized spacial score (nSPS) is 9.62. The molecule has 0 aromatic carbocycles. The van der Waals surface area contributed by atoms with Gasteiger partial charge in [0.1, 0.15) is 0 Å². The molecule has 0 heterocycles. The van der Waals surface area contributed by atoms with Gasteiger partial charge in [0.05, 0.1) is 23.7 Å². The Morgan fingerprint density at radius 2 is 1.12 bits per heavy atom. The lowest BCUT2D eigenvalue weighted by atomic mass is 15.9. The van der Waals surface area contributed by atoms with Crippen molar-refractivity contribution in [3.05, 3.63) is 0 Å². The maximum atomic E-state index is 9.51. The fourth-order valence-corrected chi connectivity index (χ4v) is 0. The molecule has 0 atom stereocenters. The van der Waals surface area contributed by atoms with Crippen LogP contribution in [0.4, 0.5) is 0 Å². The summed E-state index contributed by atoms with van der Waals surface area (Å²) in [5.41, 5.74) is 0. The maximum Gasteiger partial charge on any atom is 0.339 e. The first-order valence-electron chi connectivity index (χ1n) is 0.998. The third-order valence-electron chi connectivity index (χ3n) is 0. The van der Waals surface area contributed by atoms with Gasteiger partial charge in [0.15, 0.2) is 0 Å². The van der Waals surface area contributed by atoms with Gasteiger partial charge < -0.3 is 0 Å². The summed E-state index contributed by atoms with van der Waals surface area (Å²) in [5, 5.41) is -3.22. The van der Waals surface area contributed by atoms with Crippen molar-refractivity contribution in [2.45, 2.75) is 0 Å². The molecular formula is Cl5O2P. The van der Waals surface area contributed by atoms with E-state index in [-0.39, 0.29) is 0 Å². The van der Waals surface area contributed by atoms with E-state index in [4.69, 9.17) is 0 Å². The SMILES string of the molecule is ClOCl.O=P(Cl)(Cl)Cl. The van der Waals surface area contributed by atoms with Crippen LogP contribution in [0, 0.1) is 0 Å². The summed E-state index contributed by atoms with van der Waals surface area (Å²) in [7, 11) is 0. The smallest absolute Gasteiger partial charge is 0.271 e. The molecule has 0 saturated carbocycles. The van der Waals surface area contributed by atoms with Gasteiger partial charge >= 0.3 is 5.20 Å². The van der Waals surface area contributed by atoms with Gasteiger partial charge in [0, 0.05) is 0 Å². The average Bonchev–Trinajstić information content (AvgIpc) is 1.27. The van der Waals surface area contributed by atoms with Crippen molar-refractivity contribution < 1.29 is 8.41 Å². The molecule has 0 fully saturated rings. The van der Waals surface area contributed by atoms with Crippen LogP contribution in [-0.2, 0) is 8.41 Å². The number of rotatable bonds is 0. The van der Waals surface area contributed by atoms with Crippen LogP contribution in [0.3, 0.4) is 0 Å². The Kier molecular flexibility index (Phi) is 10.4. The molecule has 0 spiro atoms. The van der Waals surface area contributed by atoms with Crippen molar-refractivity contribution in [3.63, 3.8) is 0 Å². The largest absolute Gasteiger partial charge is 0.339 e. The first kappa shape index (κ1) is 12.3. The molecule has 8 heavy (non-hydrogen) atoms. The Labute approximate surface area is 71.0 Å². The van der Waals surface area contributed by atoms with Crippen LogP contribution in [0.15, 0.2) is 0 Å². The summed E-state index contributed by atoms with van der Waals surface area (Å²) in [4.78, 5) is 0. The van der Waals surface area contributed by atoms with E-state index in [0.29, 0.717) is 0 Å². The molecule has 0 rings (SSSR count). The van der Waals surface area contributed by atoms with Crippen molar-refractivity contribution in [1.29, 1.82) is 0 Å². The third kappa shape index (κ3) is 125. The van der Waals surface area contributed by atoms with Crippen LogP contribution in [0.25, 0.3) is 0 Å². The minimum Gasteiger partial charge on any atom is -0.271 e. The number of hydrogen-bond donors (Lipinski definition) is 0. The highest BCUT2D eigenvalue weighted by Crippen LogP contribution is 2.61. The lowest BCUT2D eigenvalue weighted by molar-refractivity contribution is 0.600. The van der Waals surface area contributed by atoms with E-state index in [0.717, 1.165) is 0 Å². The van der Waals surface area contributed by atoms with Gasteiger partial charge in [-0.15, -0.1) is 0 Å². The highest BCUT2D eigenvalue weighted by atomic mass is 36.0. The van der Waals surface area contributed by atoms with E-state index in [2.05, 4.69) is 61.3 Å². The lowest BCUT2D eigenvalue weighted by Gasteiger charge is -1.74. The Morgan fingerprint density at radius 1 is 1.12 bits per heavy atom. The second kappa shape index (κ2) is 6.76. The van der Waals surface area contributed by atoms with Crippen molar-refractivity contribution in [2.75, 3.05) is 0 Å². The van der Waals surface area contributed by atoms with Gasteiger partial charge in [-0.05, 0) is 33.7 Å². The van der Waals surface area contributed by atoms with Crippen LogP contribution in [-0.4, -0.2) is 0 Å². The molecule has 0 N–H and O–H groups in total. The molecule has 0 radical (unpaired) electrons. The van der Waals surface area contributed by atoms with Crippen molar-refractivity contribution >= 4 is 62.7 Å². The molecule has 0 aliphatic rings. The third-order valence-corrected chi connectivity index (χ3v) is 0. The number of hydrogen-bond acceptors (Lipinski definition) is 2. The van der Waals surface area contributed by atoms with E-state index >= 15 is 0 Å². The molecule has 52 valence electrons. The van der Waals surface area contributed by atoms with Crippen LogP contribution in [0.5, 0.6) is 0 Å². The van der Waals surface area contributed by atoms with Gasteiger partial charge in [0.2, 0.25) is 0 Å².